The maximum atomic E-state index is 13.4. The van der Waals surface area contributed by atoms with Gasteiger partial charge in [-0.3, -0.25) is 14.5 Å². The summed E-state index contributed by atoms with van der Waals surface area (Å²) in [5, 5.41) is 10.7. The Morgan fingerprint density at radius 1 is 0.963 bits per heavy atom. The number of likely N-dealkylation sites (tertiary alicyclic amines) is 1. The van der Waals surface area contributed by atoms with Crippen molar-refractivity contribution < 1.29 is 14.7 Å². The summed E-state index contributed by atoms with van der Waals surface area (Å²) >= 11 is 0. The average Bonchev–Trinajstić information content (AvgIpc) is 2.97. The molecule has 2 amide bonds. The third kappa shape index (κ3) is 1.86. The van der Waals surface area contributed by atoms with Gasteiger partial charge in [0.15, 0.2) is 0 Å². The molecule has 2 aromatic rings. The molecule has 2 atom stereocenters. The Labute approximate surface area is 158 Å². The van der Waals surface area contributed by atoms with Crippen molar-refractivity contribution in [2.24, 2.45) is 11.8 Å². The van der Waals surface area contributed by atoms with E-state index in [1.807, 2.05) is 36.4 Å². The van der Waals surface area contributed by atoms with Crippen LogP contribution >= 0.6 is 0 Å². The van der Waals surface area contributed by atoms with E-state index >= 15 is 0 Å². The van der Waals surface area contributed by atoms with Gasteiger partial charge in [-0.2, -0.15) is 0 Å². The summed E-state index contributed by atoms with van der Waals surface area (Å²) in [7, 11) is 0. The molecule has 0 radical (unpaired) electrons. The van der Waals surface area contributed by atoms with E-state index in [9.17, 15) is 14.7 Å². The molecule has 0 unspecified atom stereocenters. The fraction of sp³-hybridized carbons (Fsp3) is 0.391. The van der Waals surface area contributed by atoms with E-state index in [1.54, 1.807) is 0 Å². The van der Waals surface area contributed by atoms with Gasteiger partial charge in [-0.25, -0.2) is 0 Å². The van der Waals surface area contributed by atoms with Crippen LogP contribution in [0.15, 0.2) is 48.5 Å². The van der Waals surface area contributed by atoms with Crippen LogP contribution in [-0.4, -0.2) is 35.0 Å². The first-order valence-corrected chi connectivity index (χ1v) is 9.81. The third-order valence-electron chi connectivity index (χ3n) is 6.87. The van der Waals surface area contributed by atoms with Crippen molar-refractivity contribution in [2.45, 2.75) is 31.1 Å². The molecule has 4 heteroatoms. The SMILES string of the molecule is CCCCN1C(=O)[C@H]2C3c4ccccc4C(CO)(c4ccccc43)[C@H]2C1=O. The van der Waals surface area contributed by atoms with Crippen LogP contribution in [0.25, 0.3) is 0 Å². The average molecular weight is 361 g/mol. The van der Waals surface area contributed by atoms with Crippen molar-refractivity contribution in [3.63, 3.8) is 0 Å². The van der Waals surface area contributed by atoms with Gasteiger partial charge >= 0.3 is 0 Å². The van der Waals surface area contributed by atoms with Crippen molar-refractivity contribution in [2.75, 3.05) is 13.2 Å². The lowest BCUT2D eigenvalue weighted by molar-refractivity contribution is -0.140. The minimum Gasteiger partial charge on any atom is -0.395 e. The summed E-state index contributed by atoms with van der Waals surface area (Å²) in [5.41, 5.74) is 3.36. The van der Waals surface area contributed by atoms with Crippen molar-refractivity contribution in [1.82, 2.24) is 4.90 Å². The number of hydrogen-bond acceptors (Lipinski definition) is 3. The highest BCUT2D eigenvalue weighted by Crippen LogP contribution is 2.63. The van der Waals surface area contributed by atoms with E-state index in [0.29, 0.717) is 6.54 Å². The Bertz CT molecular complexity index is 903. The second-order valence-corrected chi connectivity index (χ2v) is 7.97. The Hall–Kier alpha value is -2.46. The van der Waals surface area contributed by atoms with Gasteiger partial charge in [0.2, 0.25) is 11.8 Å². The molecule has 1 N–H and O–H groups in total. The van der Waals surface area contributed by atoms with Crippen LogP contribution in [0, 0.1) is 11.8 Å². The minimum absolute atomic E-state index is 0.0646. The third-order valence-corrected chi connectivity index (χ3v) is 6.87. The van der Waals surface area contributed by atoms with Crippen molar-refractivity contribution in [3.05, 3.63) is 70.8 Å². The van der Waals surface area contributed by atoms with Gasteiger partial charge in [0.1, 0.15) is 0 Å². The molecule has 6 rings (SSSR count). The predicted molar refractivity (Wildman–Crippen MR) is 101 cm³/mol. The molecule has 1 saturated heterocycles. The molecule has 27 heavy (non-hydrogen) atoms. The quantitative estimate of drug-likeness (QED) is 0.852. The molecular weight excluding hydrogens is 338 g/mol. The molecule has 4 nitrogen and oxygen atoms in total. The topological polar surface area (TPSA) is 57.6 Å². The molecular formula is C23H23NO3. The molecule has 4 aliphatic rings. The Morgan fingerprint density at radius 2 is 1.56 bits per heavy atom. The smallest absolute Gasteiger partial charge is 0.234 e. The minimum atomic E-state index is -0.833. The van der Waals surface area contributed by atoms with Crippen LogP contribution in [-0.2, 0) is 15.0 Å². The number of benzene rings is 2. The van der Waals surface area contributed by atoms with Gasteiger partial charge in [-0.15, -0.1) is 0 Å². The lowest BCUT2D eigenvalue weighted by Crippen LogP contribution is -2.55. The Morgan fingerprint density at radius 3 is 2.11 bits per heavy atom. The molecule has 0 saturated carbocycles. The zero-order chi connectivity index (χ0) is 18.8. The number of imide groups is 1. The number of amides is 2. The molecule has 2 bridgehead atoms. The fourth-order valence-electron chi connectivity index (χ4n) is 5.79. The van der Waals surface area contributed by atoms with E-state index in [4.69, 9.17) is 0 Å². The first-order chi connectivity index (χ1) is 13.2. The standard InChI is InChI=1S/C23H23NO3/c1-2-3-12-24-21(26)19-18-14-8-4-6-10-16(14)23(13-25,20(19)22(24)27)17-11-7-5-9-15(17)18/h4-11,18-20,25H,2-3,12-13H2,1H3/t18?,19-,20+,23?/m0/s1. The van der Waals surface area contributed by atoms with Gasteiger partial charge in [-0.05, 0) is 28.7 Å². The van der Waals surface area contributed by atoms with Gasteiger partial charge in [0.25, 0.3) is 0 Å². The van der Waals surface area contributed by atoms with Crippen LogP contribution in [0.1, 0.15) is 47.9 Å². The zero-order valence-electron chi connectivity index (χ0n) is 15.4. The van der Waals surface area contributed by atoms with Crippen LogP contribution in [0.3, 0.4) is 0 Å². The molecule has 1 fully saturated rings. The monoisotopic (exact) mass is 361 g/mol. The molecule has 0 aromatic heterocycles. The molecule has 1 heterocycles. The van der Waals surface area contributed by atoms with Crippen molar-refractivity contribution in [1.29, 1.82) is 0 Å². The predicted octanol–water partition coefficient (Wildman–Crippen LogP) is 2.83. The molecule has 3 aliphatic carbocycles. The summed E-state index contributed by atoms with van der Waals surface area (Å²) < 4.78 is 0. The first kappa shape index (κ1) is 16.7. The number of nitrogens with zero attached hydrogens (tertiary/aromatic N) is 1. The highest BCUT2D eigenvalue weighted by Gasteiger charge is 2.67. The molecule has 2 aromatic carbocycles. The largest absolute Gasteiger partial charge is 0.395 e. The summed E-state index contributed by atoms with van der Waals surface area (Å²) in [6.07, 6.45) is 1.75. The van der Waals surface area contributed by atoms with E-state index in [-0.39, 0.29) is 24.3 Å². The highest BCUT2D eigenvalue weighted by molar-refractivity contribution is 6.08. The number of hydrogen-bond donors (Lipinski definition) is 1. The summed E-state index contributed by atoms with van der Waals surface area (Å²) in [6, 6.07) is 16.1. The maximum absolute atomic E-state index is 13.4. The number of unbranched alkanes of at least 4 members (excludes halogenated alkanes) is 1. The van der Waals surface area contributed by atoms with Crippen molar-refractivity contribution in [3.8, 4) is 0 Å². The second-order valence-electron chi connectivity index (χ2n) is 7.97. The number of carbonyl (C=O) groups is 2. The van der Waals surface area contributed by atoms with E-state index in [1.165, 1.54) is 4.90 Å². The second kappa shape index (κ2) is 5.77. The van der Waals surface area contributed by atoms with Gasteiger partial charge < -0.3 is 5.11 Å². The van der Waals surface area contributed by atoms with Gasteiger partial charge in [0.05, 0.1) is 23.9 Å². The summed E-state index contributed by atoms with van der Waals surface area (Å²) in [6.45, 7) is 2.36. The number of carbonyl (C=O) groups excluding carboxylic acids is 2. The first-order valence-electron chi connectivity index (χ1n) is 9.81. The van der Waals surface area contributed by atoms with E-state index in [0.717, 1.165) is 35.1 Å². The van der Waals surface area contributed by atoms with E-state index < -0.39 is 17.3 Å². The van der Waals surface area contributed by atoms with Crippen LogP contribution in [0.2, 0.25) is 0 Å². The zero-order valence-corrected chi connectivity index (χ0v) is 15.4. The van der Waals surface area contributed by atoms with E-state index in [2.05, 4.69) is 19.1 Å². The molecule has 138 valence electrons. The van der Waals surface area contributed by atoms with Crippen LogP contribution in [0.5, 0.6) is 0 Å². The number of rotatable bonds is 4. The Balaban J connectivity index is 1.79. The molecule has 0 spiro atoms. The van der Waals surface area contributed by atoms with Crippen molar-refractivity contribution >= 4 is 11.8 Å². The normalized spacial score (nSPS) is 30.3. The van der Waals surface area contributed by atoms with Gasteiger partial charge in [0, 0.05) is 12.5 Å². The number of aliphatic hydroxyl groups excluding tert-OH is 1. The highest BCUT2D eigenvalue weighted by atomic mass is 16.3. The number of aliphatic hydroxyl groups is 1. The molecule has 1 aliphatic heterocycles. The lowest BCUT2D eigenvalue weighted by Gasteiger charge is -2.53. The lowest BCUT2D eigenvalue weighted by atomic mass is 9.47. The maximum Gasteiger partial charge on any atom is 0.234 e. The summed E-state index contributed by atoms with van der Waals surface area (Å²) in [4.78, 5) is 28.2. The Kier molecular flexibility index (Phi) is 3.57. The van der Waals surface area contributed by atoms with Gasteiger partial charge in [-0.1, -0.05) is 61.9 Å². The van der Waals surface area contributed by atoms with Crippen LogP contribution < -0.4 is 0 Å². The van der Waals surface area contributed by atoms with Crippen LogP contribution in [0.4, 0.5) is 0 Å². The fourth-order valence-corrected chi connectivity index (χ4v) is 5.79. The summed E-state index contributed by atoms with van der Waals surface area (Å²) in [5.74, 6) is -1.21.